The van der Waals surface area contributed by atoms with Crippen LogP contribution in [0.3, 0.4) is 0 Å². The Morgan fingerprint density at radius 3 is 2.36 bits per heavy atom. The highest BCUT2D eigenvalue weighted by Crippen LogP contribution is 2.51. The number of nitrogens with one attached hydrogen (secondary N) is 2. The van der Waals surface area contributed by atoms with Crippen LogP contribution in [0.1, 0.15) is 30.0 Å². The van der Waals surface area contributed by atoms with Gasteiger partial charge in [0.05, 0.1) is 22.9 Å². The summed E-state index contributed by atoms with van der Waals surface area (Å²) in [5.41, 5.74) is 3.15. The summed E-state index contributed by atoms with van der Waals surface area (Å²) in [6, 6.07) is 14.7. The van der Waals surface area contributed by atoms with Gasteiger partial charge in [-0.25, -0.2) is 4.67 Å². The van der Waals surface area contributed by atoms with Gasteiger partial charge in [-0.1, -0.05) is 19.9 Å². The SMILES string of the molecule is CCN(CC)[P@](=O)(Nc1ccc(C)cc1Br)c1ccc(N(C)C)cc1NC(=O)c1ccco1. The minimum Gasteiger partial charge on any atom is -0.459 e. The molecule has 0 fully saturated rings. The highest BCUT2D eigenvalue weighted by Gasteiger charge is 2.35. The molecule has 0 bridgehead atoms. The van der Waals surface area contributed by atoms with Crippen molar-refractivity contribution in [3.63, 3.8) is 0 Å². The highest BCUT2D eigenvalue weighted by molar-refractivity contribution is 9.10. The second kappa shape index (κ2) is 10.6. The van der Waals surface area contributed by atoms with E-state index in [-0.39, 0.29) is 5.76 Å². The Morgan fingerprint density at radius 2 is 1.79 bits per heavy atom. The number of carbonyl (C=O) groups is 1. The molecule has 0 spiro atoms. The Morgan fingerprint density at radius 1 is 1.06 bits per heavy atom. The van der Waals surface area contributed by atoms with Crippen molar-refractivity contribution in [1.29, 1.82) is 0 Å². The molecule has 3 rings (SSSR count). The Kier molecular flexibility index (Phi) is 8.05. The molecule has 0 saturated carbocycles. The molecule has 0 aliphatic heterocycles. The van der Waals surface area contributed by atoms with Gasteiger partial charge in [0.2, 0.25) is 0 Å². The van der Waals surface area contributed by atoms with Crippen molar-refractivity contribution in [3.8, 4) is 0 Å². The van der Waals surface area contributed by atoms with E-state index in [1.165, 1.54) is 6.26 Å². The molecule has 1 amide bonds. The lowest BCUT2D eigenvalue weighted by Crippen LogP contribution is -2.32. The van der Waals surface area contributed by atoms with Crippen LogP contribution in [0.2, 0.25) is 0 Å². The maximum atomic E-state index is 14.8. The molecular formula is C24H30BrN4O3P. The number of hydrogen-bond acceptors (Lipinski definition) is 4. The number of rotatable bonds is 9. The van der Waals surface area contributed by atoms with Gasteiger partial charge in [-0.2, -0.15) is 0 Å². The zero-order chi connectivity index (χ0) is 24.2. The van der Waals surface area contributed by atoms with Gasteiger partial charge in [0.1, 0.15) is 0 Å². The van der Waals surface area contributed by atoms with Crippen molar-refractivity contribution in [2.75, 3.05) is 42.5 Å². The molecule has 2 aromatic carbocycles. The molecule has 2 N–H and O–H groups in total. The first kappa shape index (κ1) is 25.1. The van der Waals surface area contributed by atoms with E-state index in [1.807, 2.05) is 80.8 Å². The quantitative estimate of drug-likeness (QED) is 0.332. The predicted molar refractivity (Wildman–Crippen MR) is 140 cm³/mol. The minimum atomic E-state index is -3.38. The van der Waals surface area contributed by atoms with E-state index >= 15 is 0 Å². The van der Waals surface area contributed by atoms with Gasteiger partial charge in [-0.15, -0.1) is 0 Å². The van der Waals surface area contributed by atoms with E-state index in [4.69, 9.17) is 4.42 Å². The maximum absolute atomic E-state index is 14.8. The van der Waals surface area contributed by atoms with Crippen LogP contribution in [0.25, 0.3) is 0 Å². The molecule has 176 valence electrons. The zero-order valence-electron chi connectivity index (χ0n) is 19.6. The smallest absolute Gasteiger partial charge is 0.291 e. The molecular weight excluding hydrogens is 503 g/mol. The van der Waals surface area contributed by atoms with Crippen molar-refractivity contribution < 1.29 is 13.8 Å². The van der Waals surface area contributed by atoms with Gasteiger partial charge < -0.3 is 19.7 Å². The van der Waals surface area contributed by atoms with Crippen molar-refractivity contribution >= 4 is 51.6 Å². The lowest BCUT2D eigenvalue weighted by atomic mass is 10.2. The lowest BCUT2D eigenvalue weighted by Gasteiger charge is -2.33. The van der Waals surface area contributed by atoms with E-state index in [0.717, 1.165) is 21.4 Å². The number of anilines is 3. The van der Waals surface area contributed by atoms with E-state index in [2.05, 4.69) is 26.3 Å². The summed E-state index contributed by atoms with van der Waals surface area (Å²) in [5, 5.41) is 6.75. The number of amides is 1. The average Bonchev–Trinajstić information content (AvgIpc) is 3.31. The van der Waals surface area contributed by atoms with Crippen molar-refractivity contribution in [3.05, 3.63) is 70.6 Å². The molecule has 1 atom stereocenters. The normalized spacial score (nSPS) is 12.9. The minimum absolute atomic E-state index is 0.183. The molecule has 9 heteroatoms. The van der Waals surface area contributed by atoms with Gasteiger partial charge in [-0.05, 0) is 70.9 Å². The van der Waals surface area contributed by atoms with E-state index in [1.54, 1.807) is 12.1 Å². The molecule has 3 aromatic rings. The molecule has 1 aromatic heterocycles. The Labute approximate surface area is 203 Å². The molecule has 0 unspecified atom stereocenters. The van der Waals surface area contributed by atoms with E-state index in [9.17, 15) is 9.36 Å². The van der Waals surface area contributed by atoms with Crippen LogP contribution in [0.4, 0.5) is 17.1 Å². The molecule has 0 radical (unpaired) electrons. The summed E-state index contributed by atoms with van der Waals surface area (Å²) in [4.78, 5) is 14.8. The third-order valence-corrected chi connectivity index (χ3v) is 8.95. The first-order chi connectivity index (χ1) is 15.7. The molecule has 0 aliphatic rings. The molecule has 1 heterocycles. The average molecular weight is 533 g/mol. The van der Waals surface area contributed by atoms with E-state index in [0.29, 0.717) is 24.1 Å². The Hall–Kier alpha value is -2.54. The monoisotopic (exact) mass is 532 g/mol. The van der Waals surface area contributed by atoms with Gasteiger partial charge in [-0.3, -0.25) is 9.36 Å². The summed E-state index contributed by atoms with van der Waals surface area (Å²) in [6.45, 7) is 7.06. The number of halogens is 1. The highest BCUT2D eigenvalue weighted by atomic mass is 79.9. The Bertz CT molecular complexity index is 1160. The fraction of sp³-hybridized carbons (Fsp3) is 0.292. The first-order valence-corrected chi connectivity index (χ1v) is 13.2. The summed E-state index contributed by atoms with van der Waals surface area (Å²) in [7, 11) is 0.454. The van der Waals surface area contributed by atoms with Crippen LogP contribution in [0.5, 0.6) is 0 Å². The van der Waals surface area contributed by atoms with Crippen LogP contribution in [-0.2, 0) is 4.57 Å². The summed E-state index contributed by atoms with van der Waals surface area (Å²) in [5.74, 6) is -0.220. The van der Waals surface area contributed by atoms with Crippen LogP contribution < -0.4 is 20.6 Å². The van der Waals surface area contributed by atoms with Crippen molar-refractivity contribution in [2.45, 2.75) is 20.8 Å². The van der Waals surface area contributed by atoms with Crippen LogP contribution in [0, 0.1) is 6.92 Å². The van der Waals surface area contributed by atoms with Crippen LogP contribution >= 0.6 is 23.4 Å². The second-order valence-corrected chi connectivity index (χ2v) is 11.1. The summed E-state index contributed by atoms with van der Waals surface area (Å²) in [6.07, 6.45) is 1.45. The topological polar surface area (TPSA) is 77.8 Å². The van der Waals surface area contributed by atoms with Gasteiger partial charge in [0, 0.05) is 37.3 Å². The van der Waals surface area contributed by atoms with Crippen molar-refractivity contribution in [1.82, 2.24) is 4.67 Å². The lowest BCUT2D eigenvalue weighted by molar-refractivity contribution is 0.0997. The summed E-state index contributed by atoms with van der Waals surface area (Å²) >= 11 is 3.59. The number of benzene rings is 2. The summed E-state index contributed by atoms with van der Waals surface area (Å²) < 4.78 is 22.7. The number of furan rings is 1. The van der Waals surface area contributed by atoms with Crippen LogP contribution in [0.15, 0.2) is 63.7 Å². The fourth-order valence-corrected chi connectivity index (χ4v) is 6.89. The maximum Gasteiger partial charge on any atom is 0.291 e. The van der Waals surface area contributed by atoms with Gasteiger partial charge >= 0.3 is 0 Å². The van der Waals surface area contributed by atoms with E-state index < -0.39 is 13.4 Å². The standard InChI is InChI=1S/C24H30BrN4O3P/c1-6-29(7-2)33(31,27-20-12-10-17(3)15-19(20)25)23-13-11-18(28(4)5)16-21(23)26-24(30)22-9-8-14-32-22/h8-16H,6-7H2,1-5H3,(H,26,30)(H,27,31)/t33-/m1/s1. The number of carbonyl (C=O) groups excluding carboxylic acids is 1. The molecule has 33 heavy (non-hydrogen) atoms. The third-order valence-electron chi connectivity index (χ3n) is 5.34. The number of nitrogens with zero attached hydrogens (tertiary/aromatic N) is 2. The molecule has 0 aliphatic carbocycles. The number of hydrogen-bond donors (Lipinski definition) is 2. The van der Waals surface area contributed by atoms with Gasteiger partial charge in [0.15, 0.2) is 5.76 Å². The zero-order valence-corrected chi connectivity index (χ0v) is 22.0. The molecule has 0 saturated heterocycles. The molecule has 7 nitrogen and oxygen atoms in total. The Balaban J connectivity index is 2.15. The first-order valence-electron chi connectivity index (χ1n) is 10.8. The second-order valence-electron chi connectivity index (χ2n) is 7.84. The predicted octanol–water partition coefficient (Wildman–Crippen LogP) is 5.94. The largest absolute Gasteiger partial charge is 0.459 e. The van der Waals surface area contributed by atoms with Gasteiger partial charge in [0.25, 0.3) is 13.4 Å². The van der Waals surface area contributed by atoms with Crippen LogP contribution in [-0.4, -0.2) is 37.8 Å². The number of aryl methyl sites for hydroxylation is 1. The van der Waals surface area contributed by atoms with Crippen molar-refractivity contribution in [2.24, 2.45) is 0 Å². The third kappa shape index (κ3) is 5.52. The fourth-order valence-electron chi connectivity index (χ4n) is 3.54.